The second kappa shape index (κ2) is 8.68. The van der Waals surface area contributed by atoms with E-state index in [1.54, 1.807) is 32.9 Å². The predicted octanol–water partition coefficient (Wildman–Crippen LogP) is 4.44. The van der Waals surface area contributed by atoms with Crippen LogP contribution in [0.15, 0.2) is 30.6 Å². The average molecular weight is 437 g/mol. The molecule has 0 aliphatic carbocycles. The highest BCUT2D eigenvalue weighted by Gasteiger charge is 2.36. The van der Waals surface area contributed by atoms with Crippen molar-refractivity contribution in [2.24, 2.45) is 0 Å². The topological polar surface area (TPSA) is 80.2 Å². The summed E-state index contributed by atoms with van der Waals surface area (Å²) in [6, 6.07) is 3.84. The first-order valence-corrected chi connectivity index (χ1v) is 10.1. The molecule has 31 heavy (non-hydrogen) atoms. The minimum atomic E-state index is -4.60. The van der Waals surface area contributed by atoms with Gasteiger partial charge in [0.05, 0.1) is 0 Å². The molecule has 0 bridgehead atoms. The highest BCUT2D eigenvalue weighted by Crippen LogP contribution is 2.33. The van der Waals surface area contributed by atoms with E-state index in [0.29, 0.717) is 24.9 Å². The molecule has 3 heterocycles. The molecule has 1 amide bonds. The van der Waals surface area contributed by atoms with Gasteiger partial charge in [0.1, 0.15) is 11.4 Å². The van der Waals surface area contributed by atoms with Crippen molar-refractivity contribution in [2.75, 3.05) is 11.4 Å². The van der Waals surface area contributed by atoms with Crippen LogP contribution < -0.4 is 10.2 Å². The van der Waals surface area contributed by atoms with Crippen LogP contribution in [0.1, 0.15) is 46.2 Å². The first-order chi connectivity index (χ1) is 14.4. The number of nitrogens with one attached hydrogen (secondary N) is 1. The predicted molar refractivity (Wildman–Crippen MR) is 109 cm³/mol. The summed E-state index contributed by atoms with van der Waals surface area (Å²) >= 11 is 0. The zero-order chi connectivity index (χ0) is 22.8. The van der Waals surface area contributed by atoms with Crippen LogP contribution in [0.25, 0.3) is 11.4 Å². The summed E-state index contributed by atoms with van der Waals surface area (Å²) in [5, 5.41) is 2.84. The third kappa shape index (κ3) is 6.05. The van der Waals surface area contributed by atoms with Crippen LogP contribution in [0.4, 0.5) is 23.8 Å². The van der Waals surface area contributed by atoms with Crippen molar-refractivity contribution in [3.05, 3.63) is 36.3 Å². The Kier molecular flexibility index (Phi) is 6.38. The van der Waals surface area contributed by atoms with Crippen molar-refractivity contribution in [2.45, 2.75) is 64.4 Å². The third-order valence-corrected chi connectivity index (χ3v) is 4.83. The first-order valence-electron chi connectivity index (χ1n) is 10.1. The summed E-state index contributed by atoms with van der Waals surface area (Å²) in [6.45, 7) is 7.68. The zero-order valence-corrected chi connectivity index (χ0v) is 17.9. The Bertz CT molecular complexity index is 915. The second-order valence-corrected chi connectivity index (χ2v) is 8.58. The number of amides is 1. The molecule has 0 radical (unpaired) electrons. The lowest BCUT2D eigenvalue weighted by atomic mass is 9.98. The second-order valence-electron chi connectivity index (χ2n) is 8.58. The summed E-state index contributed by atoms with van der Waals surface area (Å²) in [5.41, 5.74) is -1.14. The van der Waals surface area contributed by atoms with E-state index >= 15 is 0 Å². The number of anilines is 1. The van der Waals surface area contributed by atoms with Crippen LogP contribution in [0.5, 0.6) is 0 Å². The molecule has 3 rings (SSSR count). The number of carbonyl (C=O) groups is 1. The smallest absolute Gasteiger partial charge is 0.433 e. The van der Waals surface area contributed by atoms with E-state index in [2.05, 4.69) is 20.3 Å². The van der Waals surface area contributed by atoms with E-state index in [1.807, 2.05) is 11.8 Å². The molecule has 2 unspecified atom stereocenters. The van der Waals surface area contributed by atoms with E-state index in [4.69, 9.17) is 4.74 Å². The summed E-state index contributed by atoms with van der Waals surface area (Å²) in [6.07, 6.45) is -1.03. The van der Waals surface area contributed by atoms with Crippen molar-refractivity contribution in [3.63, 3.8) is 0 Å². The number of aromatic nitrogens is 3. The number of pyridine rings is 1. The molecule has 0 spiro atoms. The van der Waals surface area contributed by atoms with Crippen molar-refractivity contribution >= 4 is 11.9 Å². The van der Waals surface area contributed by atoms with Crippen LogP contribution in [0.2, 0.25) is 0 Å². The van der Waals surface area contributed by atoms with Crippen molar-refractivity contribution < 1.29 is 22.7 Å². The summed E-state index contributed by atoms with van der Waals surface area (Å²) in [4.78, 5) is 25.9. The summed E-state index contributed by atoms with van der Waals surface area (Å²) < 4.78 is 45.7. The Morgan fingerprint density at radius 2 is 1.87 bits per heavy atom. The van der Waals surface area contributed by atoms with E-state index in [9.17, 15) is 18.0 Å². The summed E-state index contributed by atoms with van der Waals surface area (Å²) in [7, 11) is 0. The highest BCUT2D eigenvalue weighted by atomic mass is 19.4. The molecule has 2 aromatic heterocycles. The van der Waals surface area contributed by atoms with E-state index < -0.39 is 23.6 Å². The van der Waals surface area contributed by atoms with Crippen LogP contribution >= 0.6 is 0 Å². The van der Waals surface area contributed by atoms with Gasteiger partial charge in [-0.2, -0.15) is 13.2 Å². The molecular weight excluding hydrogens is 411 g/mol. The Hall–Kier alpha value is -2.91. The minimum absolute atomic E-state index is 0.00608. The third-order valence-electron chi connectivity index (χ3n) is 4.83. The number of carbonyl (C=O) groups excluding carboxylic acids is 1. The Labute approximate surface area is 179 Å². The Balaban J connectivity index is 1.80. The van der Waals surface area contributed by atoms with Gasteiger partial charge in [-0.05, 0) is 52.7 Å². The number of nitrogens with zero attached hydrogens (tertiary/aromatic N) is 4. The number of alkyl halides is 3. The number of halogens is 3. The van der Waals surface area contributed by atoms with Gasteiger partial charge >= 0.3 is 12.3 Å². The van der Waals surface area contributed by atoms with Gasteiger partial charge < -0.3 is 15.0 Å². The van der Waals surface area contributed by atoms with Gasteiger partial charge in [0.15, 0.2) is 11.5 Å². The SMILES string of the molecule is CC1CC(NC(=O)OC(C)(C)C)CCN1c1cc(C(F)(F)F)nc(-c2ccncc2)n1. The van der Waals surface area contributed by atoms with Gasteiger partial charge in [-0.3, -0.25) is 4.98 Å². The number of rotatable bonds is 3. The van der Waals surface area contributed by atoms with Gasteiger partial charge in [0.25, 0.3) is 0 Å². The number of ether oxygens (including phenoxy) is 1. The van der Waals surface area contributed by atoms with Crippen molar-refractivity contribution in [3.8, 4) is 11.4 Å². The van der Waals surface area contributed by atoms with Gasteiger partial charge in [0, 0.05) is 42.7 Å². The number of piperidine rings is 1. The molecule has 0 saturated carbocycles. The molecule has 0 aromatic carbocycles. The lowest BCUT2D eigenvalue weighted by Crippen LogP contribution is -2.50. The van der Waals surface area contributed by atoms with Crippen LogP contribution in [-0.2, 0) is 10.9 Å². The number of hydrogen-bond acceptors (Lipinski definition) is 6. The molecule has 1 saturated heterocycles. The van der Waals surface area contributed by atoms with Crippen molar-refractivity contribution in [1.29, 1.82) is 0 Å². The molecule has 2 atom stereocenters. The molecule has 2 aromatic rings. The Morgan fingerprint density at radius 3 is 2.45 bits per heavy atom. The molecular formula is C21H26F3N5O2. The molecule has 1 aliphatic rings. The zero-order valence-electron chi connectivity index (χ0n) is 17.9. The van der Waals surface area contributed by atoms with Gasteiger partial charge in [-0.15, -0.1) is 0 Å². The first kappa shape index (κ1) is 22.8. The van der Waals surface area contributed by atoms with Crippen molar-refractivity contribution in [1.82, 2.24) is 20.3 Å². The highest BCUT2D eigenvalue weighted by molar-refractivity contribution is 5.68. The summed E-state index contributed by atoms with van der Waals surface area (Å²) in [5.74, 6) is 0.200. The largest absolute Gasteiger partial charge is 0.444 e. The van der Waals surface area contributed by atoms with Gasteiger partial charge in [-0.25, -0.2) is 14.8 Å². The lowest BCUT2D eigenvalue weighted by Gasteiger charge is -2.39. The van der Waals surface area contributed by atoms with E-state index in [-0.39, 0.29) is 23.7 Å². The molecule has 1 N–H and O–H groups in total. The normalized spacial score (nSPS) is 19.8. The fourth-order valence-electron chi connectivity index (χ4n) is 3.47. The quantitative estimate of drug-likeness (QED) is 0.765. The van der Waals surface area contributed by atoms with E-state index in [1.165, 1.54) is 12.4 Å². The van der Waals surface area contributed by atoms with Gasteiger partial charge in [0.2, 0.25) is 0 Å². The maximum absolute atomic E-state index is 13.5. The van der Waals surface area contributed by atoms with Crippen LogP contribution in [0, 0.1) is 0 Å². The number of hydrogen-bond donors (Lipinski definition) is 1. The molecule has 1 aliphatic heterocycles. The fraction of sp³-hybridized carbons (Fsp3) is 0.524. The standard InChI is InChI=1S/C21H26F3N5O2/c1-13-11-15(26-19(30)31-20(2,3)4)7-10-29(13)17-12-16(21(22,23)24)27-18(28-17)14-5-8-25-9-6-14/h5-6,8-9,12-13,15H,7,10-11H2,1-4H3,(H,26,30). The lowest BCUT2D eigenvalue weighted by molar-refractivity contribution is -0.141. The fourth-order valence-corrected chi connectivity index (χ4v) is 3.47. The molecule has 168 valence electrons. The van der Waals surface area contributed by atoms with Crippen LogP contribution in [0.3, 0.4) is 0 Å². The maximum Gasteiger partial charge on any atom is 0.433 e. The minimum Gasteiger partial charge on any atom is -0.444 e. The average Bonchev–Trinajstić information content (AvgIpc) is 2.66. The maximum atomic E-state index is 13.5. The monoisotopic (exact) mass is 437 g/mol. The Morgan fingerprint density at radius 1 is 1.19 bits per heavy atom. The molecule has 7 nitrogen and oxygen atoms in total. The number of alkyl carbamates (subject to hydrolysis) is 1. The van der Waals surface area contributed by atoms with Crippen LogP contribution in [-0.4, -0.2) is 45.3 Å². The molecule has 1 fully saturated rings. The van der Waals surface area contributed by atoms with Gasteiger partial charge in [-0.1, -0.05) is 0 Å². The van der Waals surface area contributed by atoms with E-state index in [0.717, 1.165) is 6.07 Å². The molecule has 10 heteroatoms.